The highest BCUT2D eigenvalue weighted by Crippen LogP contribution is 2.29. The predicted molar refractivity (Wildman–Crippen MR) is 81.2 cm³/mol. The number of rotatable bonds is 4. The lowest BCUT2D eigenvalue weighted by atomic mass is 10.0. The van der Waals surface area contributed by atoms with Crippen molar-refractivity contribution < 1.29 is 0 Å². The van der Waals surface area contributed by atoms with Crippen molar-refractivity contribution in [2.75, 3.05) is 17.6 Å². The van der Waals surface area contributed by atoms with Gasteiger partial charge in [-0.1, -0.05) is 25.7 Å². The maximum atomic E-state index is 6.00. The molecule has 1 fully saturated rings. The first-order valence-electron chi connectivity index (χ1n) is 7.20. The zero-order valence-electron chi connectivity index (χ0n) is 11.2. The van der Waals surface area contributed by atoms with E-state index in [1.165, 1.54) is 32.1 Å². The van der Waals surface area contributed by atoms with Gasteiger partial charge in [0.15, 0.2) is 0 Å². The van der Waals surface area contributed by atoms with Gasteiger partial charge in [0.05, 0.1) is 0 Å². The van der Waals surface area contributed by atoms with Crippen LogP contribution in [0.2, 0.25) is 0 Å². The van der Waals surface area contributed by atoms with Gasteiger partial charge in [-0.25, -0.2) is 0 Å². The van der Waals surface area contributed by atoms with Crippen LogP contribution in [0.3, 0.4) is 0 Å². The molecule has 1 aliphatic rings. The largest absolute Gasteiger partial charge is 0.398 e. The van der Waals surface area contributed by atoms with Crippen molar-refractivity contribution in [2.45, 2.75) is 32.1 Å². The van der Waals surface area contributed by atoms with Crippen LogP contribution >= 0.6 is 0 Å². The Morgan fingerprint density at radius 1 is 1.16 bits per heavy atom. The van der Waals surface area contributed by atoms with E-state index in [-0.39, 0.29) is 0 Å². The molecule has 1 aromatic carbocycles. The van der Waals surface area contributed by atoms with Crippen molar-refractivity contribution >= 4 is 22.1 Å². The fourth-order valence-corrected chi connectivity index (χ4v) is 3.08. The van der Waals surface area contributed by atoms with Gasteiger partial charge < -0.3 is 11.1 Å². The molecule has 0 radical (unpaired) electrons. The Hall–Kier alpha value is -1.77. The molecule has 3 nitrogen and oxygen atoms in total. The van der Waals surface area contributed by atoms with Gasteiger partial charge in [0, 0.05) is 41.1 Å². The van der Waals surface area contributed by atoms with Crippen molar-refractivity contribution in [1.29, 1.82) is 0 Å². The molecule has 100 valence electrons. The highest BCUT2D eigenvalue weighted by atomic mass is 14.9. The Labute approximate surface area is 114 Å². The summed E-state index contributed by atoms with van der Waals surface area (Å²) in [4.78, 5) is 4.20. The number of aromatic nitrogens is 1. The van der Waals surface area contributed by atoms with Gasteiger partial charge in [0.1, 0.15) is 0 Å². The number of anilines is 2. The summed E-state index contributed by atoms with van der Waals surface area (Å²) in [5.41, 5.74) is 7.96. The molecule has 0 saturated heterocycles. The van der Waals surface area contributed by atoms with Crippen LogP contribution in [0.15, 0.2) is 30.6 Å². The summed E-state index contributed by atoms with van der Waals surface area (Å²) < 4.78 is 0. The maximum absolute atomic E-state index is 6.00. The standard InChI is InChI=1S/C16H21N3/c17-15-5-6-16(14-11-18-9-8-13(14)15)19-10-7-12-3-1-2-4-12/h5-6,8-9,11-12,19H,1-4,7,10,17H2. The average molecular weight is 255 g/mol. The molecule has 0 aliphatic heterocycles. The second-order valence-electron chi connectivity index (χ2n) is 5.49. The third-order valence-corrected chi connectivity index (χ3v) is 4.19. The van der Waals surface area contributed by atoms with Gasteiger partial charge in [-0.15, -0.1) is 0 Å². The molecule has 1 saturated carbocycles. The Morgan fingerprint density at radius 3 is 2.84 bits per heavy atom. The second-order valence-corrected chi connectivity index (χ2v) is 5.49. The minimum absolute atomic E-state index is 0.818. The number of hydrogen-bond donors (Lipinski definition) is 2. The number of fused-ring (bicyclic) bond motifs is 1. The van der Waals surface area contributed by atoms with Crippen molar-refractivity contribution in [2.24, 2.45) is 5.92 Å². The van der Waals surface area contributed by atoms with Gasteiger partial charge in [-0.2, -0.15) is 0 Å². The monoisotopic (exact) mass is 255 g/mol. The number of nitrogen functional groups attached to an aromatic ring is 1. The first-order chi connectivity index (χ1) is 9.34. The summed E-state index contributed by atoms with van der Waals surface area (Å²) in [7, 11) is 0. The summed E-state index contributed by atoms with van der Waals surface area (Å²) >= 11 is 0. The minimum atomic E-state index is 0.818. The van der Waals surface area contributed by atoms with Crippen LogP contribution < -0.4 is 11.1 Å². The zero-order valence-corrected chi connectivity index (χ0v) is 11.2. The number of nitrogens with one attached hydrogen (secondary N) is 1. The van der Waals surface area contributed by atoms with Crippen molar-refractivity contribution in [3.05, 3.63) is 30.6 Å². The van der Waals surface area contributed by atoms with Crippen molar-refractivity contribution in [1.82, 2.24) is 4.98 Å². The van der Waals surface area contributed by atoms with Gasteiger partial charge in [0.25, 0.3) is 0 Å². The molecule has 3 N–H and O–H groups in total. The molecule has 1 aromatic heterocycles. The van der Waals surface area contributed by atoms with E-state index in [1.54, 1.807) is 6.20 Å². The average Bonchev–Trinajstić information content (AvgIpc) is 2.95. The molecule has 2 aromatic rings. The number of nitrogens with zero attached hydrogens (tertiary/aromatic N) is 1. The van der Waals surface area contributed by atoms with Crippen LogP contribution in [0, 0.1) is 5.92 Å². The quantitative estimate of drug-likeness (QED) is 0.817. The molecule has 0 unspecified atom stereocenters. The van der Waals surface area contributed by atoms with E-state index in [1.807, 2.05) is 18.3 Å². The third-order valence-electron chi connectivity index (χ3n) is 4.19. The van der Waals surface area contributed by atoms with E-state index in [9.17, 15) is 0 Å². The van der Waals surface area contributed by atoms with E-state index in [4.69, 9.17) is 5.73 Å². The topological polar surface area (TPSA) is 50.9 Å². The first kappa shape index (κ1) is 12.3. The molecule has 0 bridgehead atoms. The molecular weight excluding hydrogens is 234 g/mol. The fourth-order valence-electron chi connectivity index (χ4n) is 3.08. The minimum Gasteiger partial charge on any atom is -0.398 e. The molecule has 0 spiro atoms. The van der Waals surface area contributed by atoms with Crippen LogP contribution in [0.5, 0.6) is 0 Å². The Kier molecular flexibility index (Phi) is 3.53. The number of hydrogen-bond acceptors (Lipinski definition) is 3. The summed E-state index contributed by atoms with van der Waals surface area (Å²) in [6.07, 6.45) is 10.6. The van der Waals surface area contributed by atoms with E-state index < -0.39 is 0 Å². The molecule has 1 heterocycles. The van der Waals surface area contributed by atoms with Gasteiger partial charge in [0.2, 0.25) is 0 Å². The van der Waals surface area contributed by atoms with E-state index >= 15 is 0 Å². The van der Waals surface area contributed by atoms with Gasteiger partial charge in [-0.05, 0) is 30.5 Å². The van der Waals surface area contributed by atoms with Crippen LogP contribution in [0.25, 0.3) is 10.8 Å². The normalized spacial score (nSPS) is 16.0. The Balaban J connectivity index is 1.72. The first-order valence-corrected chi connectivity index (χ1v) is 7.20. The lowest BCUT2D eigenvalue weighted by Crippen LogP contribution is -2.07. The van der Waals surface area contributed by atoms with Crippen LogP contribution in [0.4, 0.5) is 11.4 Å². The SMILES string of the molecule is Nc1ccc(NCCC2CCCC2)c2cnccc12. The molecule has 1 aliphatic carbocycles. The van der Waals surface area contributed by atoms with Crippen molar-refractivity contribution in [3.8, 4) is 0 Å². The predicted octanol–water partition coefficient (Wildman–Crippen LogP) is 3.81. The Bertz CT molecular complexity index is 559. The molecular formula is C16H21N3. The highest BCUT2D eigenvalue weighted by molar-refractivity contribution is 6.00. The van der Waals surface area contributed by atoms with Gasteiger partial charge >= 0.3 is 0 Å². The van der Waals surface area contributed by atoms with E-state index in [0.29, 0.717) is 0 Å². The molecule has 0 amide bonds. The van der Waals surface area contributed by atoms with Crippen LogP contribution in [0.1, 0.15) is 32.1 Å². The van der Waals surface area contributed by atoms with E-state index in [2.05, 4.69) is 16.4 Å². The zero-order chi connectivity index (χ0) is 13.1. The molecule has 3 rings (SSSR count). The molecule has 19 heavy (non-hydrogen) atoms. The number of pyridine rings is 1. The lowest BCUT2D eigenvalue weighted by Gasteiger charge is -2.13. The highest BCUT2D eigenvalue weighted by Gasteiger charge is 2.14. The summed E-state index contributed by atoms with van der Waals surface area (Å²) in [6, 6.07) is 6.01. The maximum Gasteiger partial charge on any atom is 0.0437 e. The molecule has 3 heteroatoms. The fraction of sp³-hybridized carbons (Fsp3) is 0.438. The van der Waals surface area contributed by atoms with Crippen LogP contribution in [-0.2, 0) is 0 Å². The summed E-state index contributed by atoms with van der Waals surface area (Å²) in [6.45, 7) is 1.04. The number of benzene rings is 1. The number of nitrogens with two attached hydrogens (primary N) is 1. The smallest absolute Gasteiger partial charge is 0.0437 e. The third kappa shape index (κ3) is 2.65. The Morgan fingerprint density at radius 2 is 2.00 bits per heavy atom. The van der Waals surface area contributed by atoms with Crippen LogP contribution in [-0.4, -0.2) is 11.5 Å². The summed E-state index contributed by atoms with van der Waals surface area (Å²) in [5.74, 6) is 0.922. The summed E-state index contributed by atoms with van der Waals surface area (Å²) in [5, 5.41) is 5.75. The molecule has 0 atom stereocenters. The lowest BCUT2D eigenvalue weighted by molar-refractivity contribution is 0.519. The van der Waals surface area contributed by atoms with Crippen molar-refractivity contribution in [3.63, 3.8) is 0 Å². The second kappa shape index (κ2) is 5.47. The van der Waals surface area contributed by atoms with Gasteiger partial charge in [-0.3, -0.25) is 4.98 Å². The van der Waals surface area contributed by atoms with E-state index in [0.717, 1.165) is 34.6 Å².